The van der Waals surface area contributed by atoms with Gasteiger partial charge in [-0.05, 0) is 29.7 Å². The molecule has 23 heavy (non-hydrogen) atoms. The van der Waals surface area contributed by atoms with Crippen LogP contribution >= 0.6 is 0 Å². The lowest BCUT2D eigenvalue weighted by Gasteiger charge is -2.25. The Morgan fingerprint density at radius 2 is 1.83 bits per heavy atom. The number of methoxy groups -OCH3 is 1. The minimum absolute atomic E-state index is 0.296. The molecule has 0 aromatic heterocycles. The van der Waals surface area contributed by atoms with Crippen LogP contribution in [0.2, 0.25) is 0 Å². The Bertz CT molecular complexity index is 652. The van der Waals surface area contributed by atoms with Gasteiger partial charge in [0, 0.05) is 0 Å². The summed E-state index contributed by atoms with van der Waals surface area (Å²) >= 11 is 0. The number of esters is 1. The van der Waals surface area contributed by atoms with Crippen molar-refractivity contribution < 1.29 is 14.3 Å². The molecule has 2 aromatic rings. The largest absolute Gasteiger partial charge is 0.489 e. The van der Waals surface area contributed by atoms with E-state index in [1.54, 1.807) is 30.3 Å². The summed E-state index contributed by atoms with van der Waals surface area (Å²) in [6, 6.07) is 17.1. The molecular weight excluding hydrogens is 290 g/mol. The number of ether oxygens (including phenoxy) is 2. The zero-order valence-electron chi connectivity index (χ0n) is 13.2. The van der Waals surface area contributed by atoms with Crippen molar-refractivity contribution in [3.8, 4) is 5.75 Å². The summed E-state index contributed by atoms with van der Waals surface area (Å²) in [7, 11) is 1.32. The fourth-order valence-electron chi connectivity index (χ4n) is 2.32. The molecule has 2 rings (SSSR count). The predicted molar refractivity (Wildman–Crippen MR) is 89.9 cm³/mol. The Kier molecular flexibility index (Phi) is 5.55. The molecule has 0 aliphatic carbocycles. The fraction of sp³-hybridized carbons (Fsp3) is 0.211. The molecule has 120 valence electrons. The maximum atomic E-state index is 12.0. The SMILES string of the molecule is C=CCC(N)(C(=O)OC)c1ccc(OCc2ccccc2)cc1. The minimum Gasteiger partial charge on any atom is -0.489 e. The summed E-state index contributed by atoms with van der Waals surface area (Å²) in [6.45, 7) is 4.14. The molecule has 2 N–H and O–H groups in total. The molecule has 0 saturated heterocycles. The predicted octanol–water partition coefficient (Wildman–Crippen LogP) is 3.17. The monoisotopic (exact) mass is 311 g/mol. The maximum Gasteiger partial charge on any atom is 0.330 e. The lowest BCUT2D eigenvalue weighted by molar-refractivity contribution is -0.147. The van der Waals surface area contributed by atoms with Crippen LogP contribution in [0.4, 0.5) is 0 Å². The van der Waals surface area contributed by atoms with E-state index in [9.17, 15) is 4.79 Å². The summed E-state index contributed by atoms with van der Waals surface area (Å²) in [5.74, 6) is 0.221. The molecule has 0 amide bonds. The number of rotatable bonds is 7. The van der Waals surface area contributed by atoms with Crippen LogP contribution in [0.25, 0.3) is 0 Å². The van der Waals surface area contributed by atoms with E-state index >= 15 is 0 Å². The molecule has 0 aliphatic heterocycles. The van der Waals surface area contributed by atoms with Crippen molar-refractivity contribution in [3.63, 3.8) is 0 Å². The van der Waals surface area contributed by atoms with Crippen molar-refractivity contribution in [3.05, 3.63) is 78.4 Å². The first-order valence-electron chi connectivity index (χ1n) is 7.35. The van der Waals surface area contributed by atoms with Crippen molar-refractivity contribution >= 4 is 5.97 Å². The van der Waals surface area contributed by atoms with Crippen LogP contribution in [0.5, 0.6) is 5.75 Å². The number of benzene rings is 2. The van der Waals surface area contributed by atoms with Crippen molar-refractivity contribution in [1.29, 1.82) is 0 Å². The lowest BCUT2D eigenvalue weighted by Crippen LogP contribution is -2.45. The highest BCUT2D eigenvalue weighted by Gasteiger charge is 2.35. The molecule has 0 fully saturated rings. The van der Waals surface area contributed by atoms with E-state index in [1.165, 1.54) is 7.11 Å². The molecule has 0 aliphatic rings. The van der Waals surface area contributed by atoms with Gasteiger partial charge in [-0.1, -0.05) is 48.5 Å². The third-order valence-corrected chi connectivity index (χ3v) is 3.63. The molecular formula is C19H21NO3. The second-order valence-electron chi connectivity index (χ2n) is 5.25. The number of nitrogens with two attached hydrogens (primary N) is 1. The van der Waals surface area contributed by atoms with Gasteiger partial charge >= 0.3 is 5.97 Å². The van der Waals surface area contributed by atoms with Gasteiger partial charge < -0.3 is 15.2 Å². The third-order valence-electron chi connectivity index (χ3n) is 3.63. The van der Waals surface area contributed by atoms with Crippen LogP contribution in [-0.4, -0.2) is 13.1 Å². The number of hydrogen-bond acceptors (Lipinski definition) is 4. The molecule has 1 unspecified atom stereocenters. The van der Waals surface area contributed by atoms with Gasteiger partial charge in [-0.15, -0.1) is 6.58 Å². The molecule has 1 atom stereocenters. The molecule has 0 heterocycles. The van der Waals surface area contributed by atoms with Gasteiger partial charge in [0.25, 0.3) is 0 Å². The van der Waals surface area contributed by atoms with E-state index in [1.807, 2.05) is 30.3 Å². The van der Waals surface area contributed by atoms with Crippen LogP contribution in [0, 0.1) is 0 Å². The molecule has 0 bridgehead atoms. The smallest absolute Gasteiger partial charge is 0.330 e. The van der Waals surface area contributed by atoms with E-state index < -0.39 is 11.5 Å². The quantitative estimate of drug-likeness (QED) is 0.630. The average Bonchev–Trinajstić information content (AvgIpc) is 2.60. The number of hydrogen-bond donors (Lipinski definition) is 1. The number of carbonyl (C=O) groups is 1. The van der Waals surface area contributed by atoms with Crippen molar-refractivity contribution in [1.82, 2.24) is 0 Å². The zero-order chi connectivity index (χ0) is 16.7. The summed E-state index contributed by atoms with van der Waals surface area (Å²) in [6.07, 6.45) is 1.90. The summed E-state index contributed by atoms with van der Waals surface area (Å²) in [5.41, 5.74) is 6.74. The van der Waals surface area contributed by atoms with Gasteiger partial charge in [-0.2, -0.15) is 0 Å². The normalized spacial score (nSPS) is 13.0. The van der Waals surface area contributed by atoms with Gasteiger partial charge in [0.05, 0.1) is 7.11 Å². The van der Waals surface area contributed by atoms with Gasteiger partial charge in [-0.3, -0.25) is 0 Å². The van der Waals surface area contributed by atoms with Crippen molar-refractivity contribution in [2.45, 2.75) is 18.6 Å². The highest BCUT2D eigenvalue weighted by molar-refractivity contribution is 5.82. The van der Waals surface area contributed by atoms with Crippen molar-refractivity contribution in [2.24, 2.45) is 5.73 Å². The molecule has 0 spiro atoms. The van der Waals surface area contributed by atoms with Gasteiger partial charge in [0.1, 0.15) is 17.9 Å². The topological polar surface area (TPSA) is 61.6 Å². The van der Waals surface area contributed by atoms with Crippen LogP contribution < -0.4 is 10.5 Å². The van der Waals surface area contributed by atoms with Crippen LogP contribution in [0.1, 0.15) is 17.5 Å². The van der Waals surface area contributed by atoms with Gasteiger partial charge in [0.2, 0.25) is 0 Å². The van der Waals surface area contributed by atoms with E-state index in [-0.39, 0.29) is 0 Å². The standard InChI is InChI=1S/C19H21NO3/c1-3-13-19(20,18(21)22-2)16-9-11-17(12-10-16)23-14-15-7-5-4-6-8-15/h3-12H,1,13-14,20H2,2H3. The van der Waals surface area contributed by atoms with E-state index in [2.05, 4.69) is 6.58 Å². The first-order chi connectivity index (χ1) is 11.1. The second kappa shape index (κ2) is 7.61. The Morgan fingerprint density at radius 3 is 2.39 bits per heavy atom. The third kappa shape index (κ3) is 3.99. The maximum absolute atomic E-state index is 12.0. The zero-order valence-corrected chi connectivity index (χ0v) is 13.2. The lowest BCUT2D eigenvalue weighted by atomic mass is 9.87. The summed E-state index contributed by atoms with van der Waals surface area (Å²) in [4.78, 5) is 12.0. The molecule has 4 nitrogen and oxygen atoms in total. The number of carbonyl (C=O) groups excluding carboxylic acids is 1. The Hall–Kier alpha value is -2.59. The summed E-state index contributed by atoms with van der Waals surface area (Å²) < 4.78 is 10.5. The van der Waals surface area contributed by atoms with E-state index in [0.717, 1.165) is 5.56 Å². The average molecular weight is 311 g/mol. The highest BCUT2D eigenvalue weighted by Crippen LogP contribution is 2.26. The molecule has 4 heteroatoms. The first-order valence-corrected chi connectivity index (χ1v) is 7.35. The van der Waals surface area contributed by atoms with E-state index in [0.29, 0.717) is 24.3 Å². The Labute approximate surface area is 136 Å². The van der Waals surface area contributed by atoms with E-state index in [4.69, 9.17) is 15.2 Å². The minimum atomic E-state index is -1.23. The summed E-state index contributed by atoms with van der Waals surface area (Å²) in [5, 5.41) is 0. The second-order valence-corrected chi connectivity index (χ2v) is 5.25. The van der Waals surface area contributed by atoms with Gasteiger partial charge in [0.15, 0.2) is 0 Å². The molecule has 0 radical (unpaired) electrons. The molecule has 2 aromatic carbocycles. The fourth-order valence-corrected chi connectivity index (χ4v) is 2.32. The highest BCUT2D eigenvalue weighted by atomic mass is 16.5. The Morgan fingerprint density at radius 1 is 1.17 bits per heavy atom. The van der Waals surface area contributed by atoms with Gasteiger partial charge in [-0.25, -0.2) is 4.79 Å². The Balaban J connectivity index is 2.11. The van der Waals surface area contributed by atoms with Crippen LogP contribution in [-0.2, 0) is 21.7 Å². The molecule has 0 saturated carbocycles. The van der Waals surface area contributed by atoms with Crippen LogP contribution in [0.3, 0.4) is 0 Å². The first kappa shape index (κ1) is 16.8. The van der Waals surface area contributed by atoms with Crippen molar-refractivity contribution in [2.75, 3.05) is 7.11 Å². The van der Waals surface area contributed by atoms with Crippen LogP contribution in [0.15, 0.2) is 67.3 Å².